The van der Waals surface area contributed by atoms with Gasteiger partial charge in [-0.1, -0.05) is 11.6 Å². The molecular weight excluding hydrogens is 247 g/mol. The van der Waals surface area contributed by atoms with Crippen LogP contribution in [0.25, 0.3) is 10.9 Å². The lowest BCUT2D eigenvalue weighted by molar-refractivity contribution is 0.139. The van der Waals surface area contributed by atoms with Crippen molar-refractivity contribution in [2.24, 2.45) is 0 Å². The fraction of sp³-hybridized carbons (Fsp3) is 0.125. The first-order valence-electron chi connectivity index (χ1n) is 3.99. The largest absolute Gasteiger partial charge is 0.493 e. The number of pyridine rings is 1. The zero-order chi connectivity index (χ0) is 11.9. The first-order chi connectivity index (χ1) is 7.50. The maximum absolute atomic E-state index is 13.4. The molecule has 0 aliphatic rings. The molecule has 0 bridgehead atoms. The quantitative estimate of drug-likeness (QED) is 0.789. The van der Waals surface area contributed by atoms with Crippen LogP contribution in [0.2, 0.25) is 5.15 Å². The van der Waals surface area contributed by atoms with Crippen LogP contribution < -0.4 is 0 Å². The van der Waals surface area contributed by atoms with Crippen LogP contribution in [0.3, 0.4) is 0 Å². The molecule has 0 saturated heterocycles. The molecule has 8 heteroatoms. The standard InChI is InChI=1S/C8H3ClF3N3O/c9-5-3(10)4-2(1-13-5)8(16)15-7(14-4)6(11)12/h1,6H,(H,14,15,16). The summed E-state index contributed by atoms with van der Waals surface area (Å²) >= 11 is 5.36. The van der Waals surface area contributed by atoms with Gasteiger partial charge in [-0.3, -0.25) is 0 Å². The Kier molecular flexibility index (Phi) is 2.55. The van der Waals surface area contributed by atoms with E-state index in [0.717, 1.165) is 6.20 Å². The first kappa shape index (κ1) is 10.9. The fourth-order valence-corrected chi connectivity index (χ4v) is 1.27. The van der Waals surface area contributed by atoms with Crippen molar-refractivity contribution in [3.05, 3.63) is 23.0 Å². The van der Waals surface area contributed by atoms with Crippen LogP contribution >= 0.6 is 11.6 Å². The molecule has 0 atom stereocenters. The highest BCUT2D eigenvalue weighted by Crippen LogP contribution is 2.28. The zero-order valence-electron chi connectivity index (χ0n) is 7.46. The summed E-state index contributed by atoms with van der Waals surface area (Å²) in [7, 11) is 0. The minimum atomic E-state index is -3.01. The molecule has 0 fully saturated rings. The summed E-state index contributed by atoms with van der Waals surface area (Å²) in [5.74, 6) is -2.80. The van der Waals surface area contributed by atoms with E-state index in [1.54, 1.807) is 0 Å². The van der Waals surface area contributed by atoms with E-state index in [1.807, 2.05) is 0 Å². The van der Waals surface area contributed by atoms with Crippen molar-refractivity contribution >= 4 is 22.5 Å². The molecule has 0 amide bonds. The smallest absolute Gasteiger partial charge is 0.297 e. The van der Waals surface area contributed by atoms with Gasteiger partial charge in [0.25, 0.3) is 6.43 Å². The number of fused-ring (bicyclic) bond motifs is 1. The minimum absolute atomic E-state index is 0.175. The normalized spacial score (nSPS) is 11.3. The molecule has 16 heavy (non-hydrogen) atoms. The third-order valence-corrected chi connectivity index (χ3v) is 2.10. The Morgan fingerprint density at radius 3 is 2.62 bits per heavy atom. The van der Waals surface area contributed by atoms with Crippen molar-refractivity contribution in [3.63, 3.8) is 0 Å². The van der Waals surface area contributed by atoms with Crippen LogP contribution in [0.5, 0.6) is 5.88 Å². The molecule has 0 aromatic carbocycles. The van der Waals surface area contributed by atoms with Gasteiger partial charge in [0.05, 0.1) is 5.39 Å². The third-order valence-electron chi connectivity index (χ3n) is 1.83. The number of hydrogen-bond donors (Lipinski definition) is 1. The average molecular weight is 250 g/mol. The number of alkyl halides is 2. The maximum Gasteiger partial charge on any atom is 0.297 e. The molecule has 1 N–H and O–H groups in total. The van der Waals surface area contributed by atoms with Gasteiger partial charge >= 0.3 is 0 Å². The third kappa shape index (κ3) is 1.63. The monoisotopic (exact) mass is 249 g/mol. The fourth-order valence-electron chi connectivity index (χ4n) is 1.13. The average Bonchev–Trinajstić information content (AvgIpc) is 2.23. The Morgan fingerprint density at radius 2 is 2.00 bits per heavy atom. The van der Waals surface area contributed by atoms with Gasteiger partial charge in [0, 0.05) is 6.20 Å². The highest BCUT2D eigenvalue weighted by Gasteiger charge is 2.18. The summed E-state index contributed by atoms with van der Waals surface area (Å²) in [6.45, 7) is 0. The maximum atomic E-state index is 13.4. The van der Waals surface area contributed by atoms with E-state index < -0.39 is 34.6 Å². The second-order valence-electron chi connectivity index (χ2n) is 2.83. The molecule has 2 heterocycles. The van der Waals surface area contributed by atoms with E-state index in [-0.39, 0.29) is 5.39 Å². The van der Waals surface area contributed by atoms with E-state index in [1.165, 1.54) is 0 Å². The van der Waals surface area contributed by atoms with Gasteiger partial charge in [-0.2, -0.15) is 4.98 Å². The predicted octanol–water partition coefficient (Wildman–Crippen LogP) is 2.46. The van der Waals surface area contributed by atoms with Gasteiger partial charge in [-0.05, 0) is 0 Å². The molecule has 2 rings (SSSR count). The van der Waals surface area contributed by atoms with Crippen molar-refractivity contribution in [2.45, 2.75) is 6.43 Å². The second kappa shape index (κ2) is 3.75. The summed E-state index contributed by atoms with van der Waals surface area (Å²) in [6, 6.07) is 0. The predicted molar refractivity (Wildman–Crippen MR) is 48.9 cm³/mol. The van der Waals surface area contributed by atoms with Crippen molar-refractivity contribution < 1.29 is 18.3 Å². The molecule has 84 valence electrons. The Bertz CT molecular complexity index is 564. The van der Waals surface area contributed by atoms with Crippen molar-refractivity contribution in [1.29, 1.82) is 0 Å². The lowest BCUT2D eigenvalue weighted by Gasteiger charge is -2.04. The Morgan fingerprint density at radius 1 is 1.31 bits per heavy atom. The molecule has 0 unspecified atom stereocenters. The van der Waals surface area contributed by atoms with Crippen molar-refractivity contribution in [1.82, 2.24) is 15.0 Å². The molecule has 0 aliphatic heterocycles. The van der Waals surface area contributed by atoms with Crippen molar-refractivity contribution in [2.75, 3.05) is 0 Å². The topological polar surface area (TPSA) is 58.9 Å². The summed E-state index contributed by atoms with van der Waals surface area (Å²) in [4.78, 5) is 9.80. The summed E-state index contributed by atoms with van der Waals surface area (Å²) < 4.78 is 38.0. The second-order valence-corrected chi connectivity index (χ2v) is 3.19. The summed E-state index contributed by atoms with van der Waals surface area (Å²) in [6.07, 6.45) is -2.01. The SMILES string of the molecule is Oc1nc(C(F)F)nc2c(F)c(Cl)ncc12. The van der Waals surface area contributed by atoms with E-state index in [9.17, 15) is 18.3 Å². The molecule has 0 aliphatic carbocycles. The number of nitrogens with zero attached hydrogens (tertiary/aromatic N) is 3. The van der Waals surface area contributed by atoms with Crippen LogP contribution in [-0.2, 0) is 0 Å². The van der Waals surface area contributed by atoms with Gasteiger partial charge in [0.15, 0.2) is 16.8 Å². The van der Waals surface area contributed by atoms with Gasteiger partial charge in [-0.15, -0.1) is 0 Å². The molecular formula is C8H3ClF3N3O. The van der Waals surface area contributed by atoms with Gasteiger partial charge < -0.3 is 5.11 Å². The summed E-state index contributed by atoms with van der Waals surface area (Å²) in [5.41, 5.74) is -0.484. The molecule has 0 saturated carbocycles. The van der Waals surface area contributed by atoms with Gasteiger partial charge in [0.1, 0.15) is 5.52 Å². The van der Waals surface area contributed by atoms with Gasteiger partial charge in [0.2, 0.25) is 5.88 Å². The Hall–Kier alpha value is -1.63. The molecule has 0 spiro atoms. The highest BCUT2D eigenvalue weighted by molar-refractivity contribution is 6.30. The lowest BCUT2D eigenvalue weighted by atomic mass is 10.3. The first-order valence-corrected chi connectivity index (χ1v) is 4.37. The number of hydrogen-bond acceptors (Lipinski definition) is 4. The Labute approximate surface area is 91.7 Å². The number of aromatic hydroxyl groups is 1. The number of aromatic nitrogens is 3. The van der Waals surface area contributed by atoms with Crippen LogP contribution in [-0.4, -0.2) is 20.1 Å². The lowest BCUT2D eigenvalue weighted by Crippen LogP contribution is -1.99. The van der Waals surface area contributed by atoms with Gasteiger partial charge in [-0.25, -0.2) is 23.1 Å². The van der Waals surface area contributed by atoms with E-state index in [2.05, 4.69) is 15.0 Å². The van der Waals surface area contributed by atoms with E-state index in [0.29, 0.717) is 0 Å². The van der Waals surface area contributed by atoms with Crippen LogP contribution in [0.15, 0.2) is 6.20 Å². The number of halogens is 4. The molecule has 4 nitrogen and oxygen atoms in total. The van der Waals surface area contributed by atoms with Crippen LogP contribution in [0.1, 0.15) is 12.2 Å². The molecule has 2 aromatic heterocycles. The molecule has 0 radical (unpaired) electrons. The zero-order valence-corrected chi connectivity index (χ0v) is 8.21. The van der Waals surface area contributed by atoms with E-state index >= 15 is 0 Å². The number of rotatable bonds is 1. The van der Waals surface area contributed by atoms with E-state index in [4.69, 9.17) is 11.6 Å². The summed E-state index contributed by atoms with van der Waals surface area (Å²) in [5, 5.41) is 8.60. The van der Waals surface area contributed by atoms with Crippen molar-refractivity contribution in [3.8, 4) is 5.88 Å². The van der Waals surface area contributed by atoms with Crippen LogP contribution in [0, 0.1) is 5.82 Å². The van der Waals surface area contributed by atoms with Crippen LogP contribution in [0.4, 0.5) is 13.2 Å². The molecule has 2 aromatic rings. The Balaban J connectivity index is 2.83. The highest BCUT2D eigenvalue weighted by atomic mass is 35.5. The minimum Gasteiger partial charge on any atom is -0.493 e.